The molecule has 0 radical (unpaired) electrons. The monoisotopic (exact) mass is 246 g/mol. The summed E-state index contributed by atoms with van der Waals surface area (Å²) >= 11 is 6.16. The van der Waals surface area contributed by atoms with Gasteiger partial charge in [-0.25, -0.2) is 4.98 Å². The van der Waals surface area contributed by atoms with Gasteiger partial charge in [0.05, 0.1) is 10.9 Å². The molecule has 0 saturated carbocycles. The number of hydrogen-bond acceptors (Lipinski definition) is 2. The fourth-order valence-corrected chi connectivity index (χ4v) is 2.71. The molecule has 0 N–H and O–H groups in total. The lowest BCUT2D eigenvalue weighted by molar-refractivity contribution is 0.935. The first-order valence-electron chi connectivity index (χ1n) is 5.99. The summed E-state index contributed by atoms with van der Waals surface area (Å²) < 4.78 is 0. The Kier molecular flexibility index (Phi) is 2.67. The smallest absolute Gasteiger partial charge is 0.132 e. The second-order valence-corrected chi connectivity index (χ2v) is 5.27. The second kappa shape index (κ2) is 4.19. The first-order valence-corrected chi connectivity index (χ1v) is 6.43. The molecule has 1 fully saturated rings. The molecular formula is C14H15ClN2. The van der Waals surface area contributed by atoms with Crippen LogP contribution in [0.4, 0.5) is 5.82 Å². The lowest BCUT2D eigenvalue weighted by Gasteiger charge is -2.19. The normalized spacial score (nSPS) is 20.1. The van der Waals surface area contributed by atoms with Crippen LogP contribution in [0.15, 0.2) is 30.3 Å². The van der Waals surface area contributed by atoms with Crippen LogP contribution in [0, 0.1) is 6.92 Å². The lowest BCUT2D eigenvalue weighted by atomic mass is 10.1. The van der Waals surface area contributed by atoms with E-state index in [0.29, 0.717) is 0 Å². The van der Waals surface area contributed by atoms with E-state index in [1.165, 1.54) is 10.9 Å². The highest BCUT2D eigenvalue weighted by Crippen LogP contribution is 2.27. The van der Waals surface area contributed by atoms with Gasteiger partial charge in [-0.15, -0.1) is 11.6 Å². The van der Waals surface area contributed by atoms with E-state index in [1.54, 1.807) is 0 Å². The molecule has 1 aliphatic heterocycles. The Morgan fingerprint density at radius 3 is 2.94 bits per heavy atom. The third-order valence-corrected chi connectivity index (χ3v) is 3.67. The van der Waals surface area contributed by atoms with Gasteiger partial charge in [0.1, 0.15) is 5.82 Å². The molecule has 2 aromatic rings. The number of alkyl halides is 1. The third-order valence-electron chi connectivity index (χ3n) is 3.32. The molecule has 3 rings (SSSR count). The Hall–Kier alpha value is -1.28. The highest BCUT2D eigenvalue weighted by Gasteiger charge is 2.22. The van der Waals surface area contributed by atoms with Crippen LogP contribution in [0.25, 0.3) is 10.9 Å². The molecule has 0 bridgehead atoms. The molecule has 0 aliphatic carbocycles. The molecule has 1 saturated heterocycles. The maximum atomic E-state index is 6.16. The van der Waals surface area contributed by atoms with Crippen LogP contribution in [0.3, 0.4) is 0 Å². The average Bonchev–Trinajstić information content (AvgIpc) is 2.75. The summed E-state index contributed by atoms with van der Waals surface area (Å²) in [5.74, 6) is 1.09. The molecule has 1 aromatic heterocycles. The van der Waals surface area contributed by atoms with Crippen molar-refractivity contribution in [3.05, 3.63) is 35.9 Å². The van der Waals surface area contributed by atoms with Crippen molar-refractivity contribution in [1.29, 1.82) is 0 Å². The van der Waals surface area contributed by atoms with Crippen molar-refractivity contribution >= 4 is 28.3 Å². The predicted molar refractivity (Wildman–Crippen MR) is 73.0 cm³/mol. The van der Waals surface area contributed by atoms with Gasteiger partial charge < -0.3 is 4.90 Å². The van der Waals surface area contributed by atoms with Crippen LogP contribution < -0.4 is 4.90 Å². The molecule has 1 atom stereocenters. The van der Waals surface area contributed by atoms with E-state index in [1.807, 2.05) is 12.1 Å². The molecule has 88 valence electrons. The fourth-order valence-electron chi connectivity index (χ4n) is 2.44. The van der Waals surface area contributed by atoms with Crippen molar-refractivity contribution in [1.82, 2.24) is 4.98 Å². The highest BCUT2D eigenvalue weighted by atomic mass is 35.5. The number of fused-ring (bicyclic) bond motifs is 1. The van der Waals surface area contributed by atoms with Crippen LogP contribution in [0.5, 0.6) is 0 Å². The van der Waals surface area contributed by atoms with E-state index in [2.05, 4.69) is 30.0 Å². The summed E-state index contributed by atoms with van der Waals surface area (Å²) in [5, 5.41) is 1.47. The molecule has 0 amide bonds. The van der Waals surface area contributed by atoms with Crippen LogP contribution in [-0.4, -0.2) is 23.5 Å². The van der Waals surface area contributed by atoms with Crippen molar-refractivity contribution in [3.63, 3.8) is 0 Å². The van der Waals surface area contributed by atoms with Crippen molar-refractivity contribution in [2.45, 2.75) is 18.7 Å². The number of halogens is 1. The van der Waals surface area contributed by atoms with E-state index >= 15 is 0 Å². The highest BCUT2D eigenvalue weighted by molar-refractivity contribution is 6.21. The molecule has 2 nitrogen and oxygen atoms in total. The summed E-state index contributed by atoms with van der Waals surface area (Å²) in [5.41, 5.74) is 2.29. The van der Waals surface area contributed by atoms with E-state index in [4.69, 9.17) is 16.6 Å². The summed E-state index contributed by atoms with van der Waals surface area (Å²) in [7, 11) is 0. The first kappa shape index (κ1) is 10.8. The lowest BCUT2D eigenvalue weighted by Crippen LogP contribution is -2.21. The number of benzene rings is 1. The number of nitrogens with zero attached hydrogens (tertiary/aromatic N) is 2. The largest absolute Gasteiger partial charge is 0.355 e. The van der Waals surface area contributed by atoms with E-state index in [9.17, 15) is 0 Å². The van der Waals surface area contributed by atoms with Crippen molar-refractivity contribution < 1.29 is 0 Å². The van der Waals surface area contributed by atoms with E-state index in [-0.39, 0.29) is 5.38 Å². The van der Waals surface area contributed by atoms with Gasteiger partial charge in [-0.2, -0.15) is 0 Å². The molecule has 3 heteroatoms. The molecule has 1 aliphatic rings. The van der Waals surface area contributed by atoms with Crippen molar-refractivity contribution in [2.24, 2.45) is 0 Å². The van der Waals surface area contributed by atoms with Crippen LogP contribution >= 0.6 is 11.6 Å². The zero-order chi connectivity index (χ0) is 11.8. The molecular weight excluding hydrogens is 232 g/mol. The Morgan fingerprint density at radius 2 is 2.18 bits per heavy atom. The van der Waals surface area contributed by atoms with Gasteiger partial charge in [-0.1, -0.05) is 18.2 Å². The number of para-hydroxylation sites is 1. The second-order valence-electron chi connectivity index (χ2n) is 4.65. The third kappa shape index (κ3) is 1.98. The molecule has 17 heavy (non-hydrogen) atoms. The minimum absolute atomic E-state index is 0.266. The summed E-state index contributed by atoms with van der Waals surface area (Å²) in [6.45, 7) is 4.05. The Morgan fingerprint density at radius 1 is 1.35 bits per heavy atom. The molecule has 1 aromatic carbocycles. The number of pyridine rings is 1. The predicted octanol–water partition coefficient (Wildman–Crippen LogP) is 3.36. The minimum Gasteiger partial charge on any atom is -0.355 e. The van der Waals surface area contributed by atoms with Gasteiger partial charge in [-0.3, -0.25) is 0 Å². The average molecular weight is 247 g/mol. The first-order chi connectivity index (χ1) is 8.24. The van der Waals surface area contributed by atoms with Gasteiger partial charge in [-0.05, 0) is 31.0 Å². The molecule has 1 unspecified atom stereocenters. The molecule has 2 heterocycles. The van der Waals surface area contributed by atoms with Crippen molar-refractivity contribution in [3.8, 4) is 0 Å². The van der Waals surface area contributed by atoms with Gasteiger partial charge >= 0.3 is 0 Å². The topological polar surface area (TPSA) is 16.1 Å². The Labute approximate surface area is 106 Å². The van der Waals surface area contributed by atoms with Gasteiger partial charge in [0.25, 0.3) is 0 Å². The van der Waals surface area contributed by atoms with Crippen LogP contribution in [-0.2, 0) is 0 Å². The van der Waals surface area contributed by atoms with E-state index < -0.39 is 0 Å². The van der Waals surface area contributed by atoms with Gasteiger partial charge in [0.2, 0.25) is 0 Å². The number of aromatic nitrogens is 1. The maximum absolute atomic E-state index is 6.16. The zero-order valence-electron chi connectivity index (χ0n) is 9.86. The fraction of sp³-hybridized carbons (Fsp3) is 0.357. The summed E-state index contributed by atoms with van der Waals surface area (Å²) in [4.78, 5) is 7.05. The van der Waals surface area contributed by atoms with E-state index in [0.717, 1.165) is 30.8 Å². The number of anilines is 1. The standard InChI is InChI=1S/C14H15ClN2/c1-10-8-11-4-2-3-5-13(11)16-14(10)17-7-6-12(15)9-17/h2-5,8,12H,6-7,9H2,1H3. The summed E-state index contributed by atoms with van der Waals surface area (Å²) in [6, 6.07) is 10.5. The maximum Gasteiger partial charge on any atom is 0.132 e. The van der Waals surface area contributed by atoms with Gasteiger partial charge in [0.15, 0.2) is 0 Å². The van der Waals surface area contributed by atoms with Crippen LogP contribution in [0.1, 0.15) is 12.0 Å². The van der Waals surface area contributed by atoms with Crippen LogP contribution in [0.2, 0.25) is 0 Å². The van der Waals surface area contributed by atoms with Crippen molar-refractivity contribution in [2.75, 3.05) is 18.0 Å². The number of aryl methyl sites for hydroxylation is 1. The minimum atomic E-state index is 0.266. The number of rotatable bonds is 1. The van der Waals surface area contributed by atoms with Gasteiger partial charge in [0, 0.05) is 18.5 Å². The molecule has 0 spiro atoms. The quantitative estimate of drug-likeness (QED) is 0.718. The SMILES string of the molecule is Cc1cc2ccccc2nc1N1CCC(Cl)C1. The number of hydrogen-bond donors (Lipinski definition) is 0. The Bertz CT molecular complexity index is 553. The Balaban J connectivity index is 2.07. The summed E-state index contributed by atoms with van der Waals surface area (Å²) in [6.07, 6.45) is 1.05. The zero-order valence-corrected chi connectivity index (χ0v) is 10.6.